The van der Waals surface area contributed by atoms with Crippen molar-refractivity contribution in [2.75, 3.05) is 7.11 Å². The van der Waals surface area contributed by atoms with E-state index >= 15 is 0 Å². The summed E-state index contributed by atoms with van der Waals surface area (Å²) in [4.78, 5) is 0. The summed E-state index contributed by atoms with van der Waals surface area (Å²) in [6.07, 6.45) is 5.28. The molecule has 0 saturated heterocycles. The highest BCUT2D eigenvalue weighted by Gasteiger charge is 2.32. The molecule has 1 unspecified atom stereocenters. The summed E-state index contributed by atoms with van der Waals surface area (Å²) in [5, 5.41) is 18.2. The van der Waals surface area contributed by atoms with Crippen molar-refractivity contribution in [2.45, 2.75) is 38.1 Å². The number of hydrogen-bond donors (Lipinski definition) is 2. The van der Waals surface area contributed by atoms with Gasteiger partial charge in [-0.1, -0.05) is 42.5 Å². The zero-order chi connectivity index (χ0) is 19.3. The molecule has 4 rings (SSSR count). The Labute approximate surface area is 166 Å². The van der Waals surface area contributed by atoms with Crippen molar-refractivity contribution in [3.8, 4) is 16.9 Å². The molecule has 1 aromatic heterocycles. The molecule has 1 saturated carbocycles. The third-order valence-electron chi connectivity index (χ3n) is 5.57. The van der Waals surface area contributed by atoms with Crippen molar-refractivity contribution in [3.05, 3.63) is 72.6 Å². The molecule has 5 heteroatoms. The quantitative estimate of drug-likeness (QED) is 0.662. The SMILES string of the molecule is COc1ccccc1-c1ccc(CN[C@@H]2CC(Cn3cccn3)C[C@H]2O)cc1. The summed E-state index contributed by atoms with van der Waals surface area (Å²) in [6, 6.07) is 18.6. The van der Waals surface area contributed by atoms with Crippen LogP contribution in [0.5, 0.6) is 5.75 Å². The molecule has 2 N–H and O–H groups in total. The Hall–Kier alpha value is -2.63. The minimum atomic E-state index is -0.298. The van der Waals surface area contributed by atoms with Crippen LogP contribution in [-0.2, 0) is 13.1 Å². The molecule has 28 heavy (non-hydrogen) atoms. The molecule has 5 nitrogen and oxygen atoms in total. The molecule has 3 aromatic rings. The smallest absolute Gasteiger partial charge is 0.126 e. The second-order valence-electron chi connectivity index (χ2n) is 7.52. The number of benzene rings is 2. The maximum absolute atomic E-state index is 10.4. The van der Waals surface area contributed by atoms with Gasteiger partial charge < -0.3 is 15.2 Å². The lowest BCUT2D eigenvalue weighted by molar-refractivity contribution is 0.145. The topological polar surface area (TPSA) is 59.3 Å². The number of aromatic nitrogens is 2. The molecule has 1 fully saturated rings. The maximum atomic E-state index is 10.4. The average Bonchev–Trinajstić information content (AvgIpc) is 3.36. The Kier molecular flexibility index (Phi) is 5.74. The van der Waals surface area contributed by atoms with Crippen molar-refractivity contribution < 1.29 is 9.84 Å². The molecule has 1 aliphatic carbocycles. The van der Waals surface area contributed by atoms with E-state index in [1.807, 2.05) is 35.1 Å². The first kappa shape index (κ1) is 18.7. The van der Waals surface area contributed by atoms with Crippen molar-refractivity contribution >= 4 is 0 Å². The Bertz CT molecular complexity index is 877. The van der Waals surface area contributed by atoms with E-state index in [0.717, 1.165) is 42.8 Å². The third kappa shape index (κ3) is 4.26. The number of para-hydroxylation sites is 1. The van der Waals surface area contributed by atoms with Gasteiger partial charge in [-0.3, -0.25) is 4.68 Å². The van der Waals surface area contributed by atoms with Crippen LogP contribution < -0.4 is 10.1 Å². The molecule has 0 aliphatic heterocycles. The fourth-order valence-corrected chi connectivity index (χ4v) is 4.09. The van der Waals surface area contributed by atoms with Crippen LogP contribution in [-0.4, -0.2) is 34.1 Å². The molecule has 1 heterocycles. The standard InChI is InChI=1S/C23H27N3O2/c1-28-23-6-3-2-5-20(23)19-9-7-17(8-10-19)15-24-21-13-18(14-22(21)27)16-26-12-4-11-25-26/h2-12,18,21-22,24,27H,13-16H2,1H3/t18?,21-,22-/m1/s1. The van der Waals surface area contributed by atoms with Gasteiger partial charge in [0.05, 0.1) is 13.2 Å². The van der Waals surface area contributed by atoms with Crippen molar-refractivity contribution in [1.29, 1.82) is 0 Å². The van der Waals surface area contributed by atoms with Gasteiger partial charge in [-0.2, -0.15) is 5.10 Å². The molecule has 146 valence electrons. The van der Waals surface area contributed by atoms with E-state index in [0.29, 0.717) is 5.92 Å². The molecule has 3 atom stereocenters. The predicted molar refractivity (Wildman–Crippen MR) is 110 cm³/mol. The molecule has 2 aromatic carbocycles. The summed E-state index contributed by atoms with van der Waals surface area (Å²) in [5.41, 5.74) is 3.44. The zero-order valence-electron chi connectivity index (χ0n) is 16.2. The molecule has 0 bridgehead atoms. The molecule has 0 spiro atoms. The van der Waals surface area contributed by atoms with E-state index in [4.69, 9.17) is 4.74 Å². The lowest BCUT2D eigenvalue weighted by atomic mass is 10.0. The second kappa shape index (κ2) is 8.59. The van der Waals surface area contributed by atoms with Crippen LogP contribution in [0, 0.1) is 5.92 Å². The fourth-order valence-electron chi connectivity index (χ4n) is 4.09. The van der Waals surface area contributed by atoms with Gasteiger partial charge in [-0.05, 0) is 42.0 Å². The number of aliphatic hydroxyl groups excluding tert-OH is 1. The monoisotopic (exact) mass is 377 g/mol. The van der Waals surface area contributed by atoms with Crippen LogP contribution >= 0.6 is 0 Å². The Morgan fingerprint density at radius 2 is 1.93 bits per heavy atom. The fraction of sp³-hybridized carbons (Fsp3) is 0.348. The maximum Gasteiger partial charge on any atom is 0.126 e. The Balaban J connectivity index is 1.34. The van der Waals surface area contributed by atoms with E-state index < -0.39 is 0 Å². The van der Waals surface area contributed by atoms with Crippen LogP contribution in [0.2, 0.25) is 0 Å². The van der Waals surface area contributed by atoms with Crippen LogP contribution in [0.1, 0.15) is 18.4 Å². The van der Waals surface area contributed by atoms with Crippen LogP contribution in [0.15, 0.2) is 67.0 Å². The van der Waals surface area contributed by atoms with Gasteiger partial charge in [0.15, 0.2) is 0 Å². The highest BCUT2D eigenvalue weighted by atomic mass is 16.5. The average molecular weight is 377 g/mol. The summed E-state index contributed by atoms with van der Waals surface area (Å²) < 4.78 is 7.41. The molecule has 0 radical (unpaired) electrons. The lowest BCUT2D eigenvalue weighted by Gasteiger charge is -2.17. The van der Waals surface area contributed by atoms with Crippen LogP contribution in [0.3, 0.4) is 0 Å². The van der Waals surface area contributed by atoms with E-state index in [-0.39, 0.29) is 12.1 Å². The Morgan fingerprint density at radius 1 is 1.11 bits per heavy atom. The van der Waals surface area contributed by atoms with Gasteiger partial charge >= 0.3 is 0 Å². The second-order valence-corrected chi connectivity index (χ2v) is 7.52. The van der Waals surface area contributed by atoms with E-state index in [1.165, 1.54) is 5.56 Å². The van der Waals surface area contributed by atoms with Crippen LogP contribution in [0.25, 0.3) is 11.1 Å². The minimum Gasteiger partial charge on any atom is -0.496 e. The van der Waals surface area contributed by atoms with Crippen molar-refractivity contribution in [2.24, 2.45) is 5.92 Å². The van der Waals surface area contributed by atoms with Gasteiger partial charge in [-0.25, -0.2) is 0 Å². The van der Waals surface area contributed by atoms with E-state index in [2.05, 4.69) is 40.7 Å². The first-order valence-electron chi connectivity index (χ1n) is 9.84. The molecule has 0 amide bonds. The first-order valence-corrected chi connectivity index (χ1v) is 9.84. The summed E-state index contributed by atoms with van der Waals surface area (Å²) in [7, 11) is 1.70. The molecule has 1 aliphatic rings. The number of hydrogen-bond acceptors (Lipinski definition) is 4. The van der Waals surface area contributed by atoms with Crippen molar-refractivity contribution in [1.82, 2.24) is 15.1 Å². The summed E-state index contributed by atoms with van der Waals surface area (Å²) >= 11 is 0. The number of rotatable bonds is 7. The highest BCUT2D eigenvalue weighted by Crippen LogP contribution is 2.30. The van der Waals surface area contributed by atoms with Crippen LogP contribution in [0.4, 0.5) is 0 Å². The Morgan fingerprint density at radius 3 is 2.68 bits per heavy atom. The normalized spacial score (nSPS) is 21.7. The number of nitrogens with one attached hydrogen (secondary N) is 1. The highest BCUT2D eigenvalue weighted by molar-refractivity contribution is 5.70. The zero-order valence-corrected chi connectivity index (χ0v) is 16.2. The van der Waals surface area contributed by atoms with Crippen molar-refractivity contribution in [3.63, 3.8) is 0 Å². The van der Waals surface area contributed by atoms with Gasteiger partial charge in [0.2, 0.25) is 0 Å². The minimum absolute atomic E-state index is 0.134. The summed E-state index contributed by atoms with van der Waals surface area (Å²) in [5.74, 6) is 1.34. The number of methoxy groups -OCH3 is 1. The van der Waals surface area contributed by atoms with Gasteiger partial charge in [0.25, 0.3) is 0 Å². The molecular formula is C23H27N3O2. The van der Waals surface area contributed by atoms with Gasteiger partial charge in [0.1, 0.15) is 5.75 Å². The van der Waals surface area contributed by atoms with E-state index in [1.54, 1.807) is 13.3 Å². The number of aliphatic hydroxyl groups is 1. The molecular weight excluding hydrogens is 350 g/mol. The summed E-state index contributed by atoms with van der Waals surface area (Å²) in [6.45, 7) is 1.62. The first-order chi connectivity index (χ1) is 13.7. The van der Waals surface area contributed by atoms with Gasteiger partial charge in [0, 0.05) is 37.1 Å². The number of nitrogens with zero attached hydrogens (tertiary/aromatic N) is 2. The van der Waals surface area contributed by atoms with E-state index in [9.17, 15) is 5.11 Å². The third-order valence-corrected chi connectivity index (χ3v) is 5.57. The predicted octanol–water partition coefficient (Wildman–Crippen LogP) is 3.49. The van der Waals surface area contributed by atoms with Gasteiger partial charge in [-0.15, -0.1) is 0 Å². The lowest BCUT2D eigenvalue weighted by Crippen LogP contribution is -2.35. The number of ether oxygens (including phenoxy) is 1. The largest absolute Gasteiger partial charge is 0.496 e.